The maximum atomic E-state index is 12.4. The number of carbonyl (C=O) groups excluding carboxylic acids is 1. The summed E-state index contributed by atoms with van der Waals surface area (Å²) < 4.78 is 7.66. The van der Waals surface area contributed by atoms with Gasteiger partial charge in [0.2, 0.25) is 5.91 Å². The van der Waals surface area contributed by atoms with E-state index >= 15 is 0 Å². The van der Waals surface area contributed by atoms with Crippen LogP contribution in [-0.4, -0.2) is 22.8 Å². The van der Waals surface area contributed by atoms with Crippen molar-refractivity contribution in [2.24, 2.45) is 5.10 Å². The monoisotopic (exact) mass is 399 g/mol. The van der Waals surface area contributed by atoms with E-state index in [-0.39, 0.29) is 5.91 Å². The lowest BCUT2D eigenvalue weighted by Gasteiger charge is -2.08. The van der Waals surface area contributed by atoms with Crippen molar-refractivity contribution in [3.63, 3.8) is 0 Å². The number of ether oxygens (including phenoxy) is 1. The number of aromatic nitrogens is 1. The minimum absolute atomic E-state index is 0.109. The summed E-state index contributed by atoms with van der Waals surface area (Å²) in [5.41, 5.74) is 6.66. The highest BCUT2D eigenvalue weighted by Gasteiger charge is 2.11. The molecule has 0 fully saturated rings. The smallest absolute Gasteiger partial charge is 0.241 e. The molecular formula is C25H25N3O2. The van der Waals surface area contributed by atoms with Crippen LogP contribution in [0.3, 0.4) is 0 Å². The van der Waals surface area contributed by atoms with Crippen LogP contribution < -0.4 is 10.2 Å². The molecule has 5 heteroatoms. The Bertz CT molecular complexity index is 1150. The number of amides is 1. The number of fused-ring (bicyclic) bond motifs is 3. The van der Waals surface area contributed by atoms with Crippen LogP contribution in [0.15, 0.2) is 77.9 Å². The minimum atomic E-state index is -0.109. The molecule has 0 spiro atoms. The van der Waals surface area contributed by atoms with Crippen LogP contribution >= 0.6 is 0 Å². The largest absolute Gasteiger partial charge is 0.494 e. The van der Waals surface area contributed by atoms with Crippen molar-refractivity contribution >= 4 is 33.4 Å². The van der Waals surface area contributed by atoms with Gasteiger partial charge in [-0.05, 0) is 55.8 Å². The number of benzene rings is 3. The third-order valence-electron chi connectivity index (χ3n) is 5.17. The molecule has 0 radical (unpaired) electrons. The van der Waals surface area contributed by atoms with Crippen LogP contribution in [0.5, 0.6) is 5.75 Å². The molecule has 3 aromatic carbocycles. The van der Waals surface area contributed by atoms with Crippen molar-refractivity contribution in [1.29, 1.82) is 0 Å². The third kappa shape index (κ3) is 4.06. The van der Waals surface area contributed by atoms with Crippen molar-refractivity contribution < 1.29 is 9.53 Å². The zero-order valence-electron chi connectivity index (χ0n) is 17.3. The van der Waals surface area contributed by atoms with Gasteiger partial charge in [0, 0.05) is 34.8 Å². The molecule has 152 valence electrons. The van der Waals surface area contributed by atoms with E-state index in [0.717, 1.165) is 28.1 Å². The summed E-state index contributed by atoms with van der Waals surface area (Å²) in [6.45, 7) is 5.06. The molecule has 1 amide bonds. The molecule has 1 heterocycles. The molecule has 1 aromatic heterocycles. The maximum absolute atomic E-state index is 12.4. The Kier molecular flexibility index (Phi) is 5.80. The first kappa shape index (κ1) is 19.7. The molecular weight excluding hydrogens is 374 g/mol. The number of hydrogen-bond donors (Lipinski definition) is 1. The first-order chi connectivity index (χ1) is 14.7. The molecule has 1 N–H and O–H groups in total. The molecule has 30 heavy (non-hydrogen) atoms. The zero-order valence-corrected chi connectivity index (χ0v) is 17.3. The Balaban J connectivity index is 1.44. The van der Waals surface area contributed by atoms with Gasteiger partial charge in [0.25, 0.3) is 0 Å². The maximum Gasteiger partial charge on any atom is 0.241 e. The lowest BCUT2D eigenvalue weighted by atomic mass is 10.1. The van der Waals surface area contributed by atoms with Crippen LogP contribution in [0.25, 0.3) is 21.8 Å². The van der Waals surface area contributed by atoms with Gasteiger partial charge < -0.3 is 9.30 Å². The molecule has 0 bridgehead atoms. The summed E-state index contributed by atoms with van der Waals surface area (Å²) in [6.07, 6.45) is 0.350. The van der Waals surface area contributed by atoms with Crippen LogP contribution in [0.4, 0.5) is 0 Å². The average molecular weight is 399 g/mol. The predicted molar refractivity (Wildman–Crippen MR) is 122 cm³/mol. The van der Waals surface area contributed by atoms with E-state index in [4.69, 9.17) is 4.74 Å². The molecule has 4 aromatic rings. The summed E-state index contributed by atoms with van der Waals surface area (Å²) in [4.78, 5) is 12.4. The zero-order chi connectivity index (χ0) is 20.9. The number of hydrazone groups is 1. The topological polar surface area (TPSA) is 55.6 Å². The van der Waals surface area contributed by atoms with Gasteiger partial charge in [-0.25, -0.2) is 5.43 Å². The van der Waals surface area contributed by atoms with E-state index in [2.05, 4.69) is 39.4 Å². The fourth-order valence-corrected chi connectivity index (χ4v) is 3.68. The first-order valence-corrected chi connectivity index (χ1v) is 10.2. The number of nitrogens with one attached hydrogen (secondary N) is 1. The summed E-state index contributed by atoms with van der Waals surface area (Å²) >= 11 is 0. The number of nitrogens with zero attached hydrogens (tertiary/aromatic N) is 2. The number of hydrogen-bond acceptors (Lipinski definition) is 3. The standard InChI is InChI=1S/C25H25N3O2/c1-3-30-20-14-12-19(13-15-20)18(2)26-27-25(29)16-17-28-23-10-6-4-8-21(23)22-9-5-7-11-24(22)28/h4-15H,3,16-17H2,1-2H3,(H,27,29)/b26-18-. The highest BCUT2D eigenvalue weighted by atomic mass is 16.5. The predicted octanol–water partition coefficient (Wildman–Crippen LogP) is 5.12. The minimum Gasteiger partial charge on any atom is -0.494 e. The van der Waals surface area contributed by atoms with Gasteiger partial charge in [-0.2, -0.15) is 5.10 Å². The van der Waals surface area contributed by atoms with E-state index < -0.39 is 0 Å². The molecule has 0 saturated heterocycles. The molecule has 0 saturated carbocycles. The number of carbonyl (C=O) groups is 1. The Morgan fingerprint density at radius 1 is 0.933 bits per heavy atom. The van der Waals surface area contributed by atoms with Crippen LogP contribution in [0, 0.1) is 0 Å². The van der Waals surface area contributed by atoms with E-state index in [1.807, 2.05) is 62.4 Å². The Morgan fingerprint density at radius 3 is 2.13 bits per heavy atom. The van der Waals surface area contributed by atoms with Gasteiger partial charge in [-0.1, -0.05) is 36.4 Å². The van der Waals surface area contributed by atoms with Crippen LogP contribution in [-0.2, 0) is 11.3 Å². The number of rotatable bonds is 7. The molecule has 0 aliphatic heterocycles. The van der Waals surface area contributed by atoms with Crippen LogP contribution in [0.1, 0.15) is 25.8 Å². The highest BCUT2D eigenvalue weighted by Crippen LogP contribution is 2.28. The summed E-state index contributed by atoms with van der Waals surface area (Å²) in [6, 6.07) is 24.3. The highest BCUT2D eigenvalue weighted by molar-refractivity contribution is 6.08. The Hall–Kier alpha value is -3.60. The molecule has 0 atom stereocenters. The van der Waals surface area contributed by atoms with Gasteiger partial charge in [-0.3, -0.25) is 4.79 Å². The summed E-state index contributed by atoms with van der Waals surface area (Å²) in [7, 11) is 0. The lowest BCUT2D eigenvalue weighted by Crippen LogP contribution is -2.20. The van der Waals surface area contributed by atoms with Gasteiger partial charge in [0.1, 0.15) is 5.75 Å². The van der Waals surface area contributed by atoms with Crippen molar-refractivity contribution in [2.45, 2.75) is 26.8 Å². The summed E-state index contributed by atoms with van der Waals surface area (Å²) in [5.74, 6) is 0.714. The molecule has 0 aliphatic rings. The second-order valence-electron chi connectivity index (χ2n) is 7.13. The van der Waals surface area contributed by atoms with Gasteiger partial charge in [0.05, 0.1) is 12.3 Å². The number of aryl methyl sites for hydroxylation is 1. The summed E-state index contributed by atoms with van der Waals surface area (Å²) in [5, 5.41) is 6.67. The molecule has 5 nitrogen and oxygen atoms in total. The van der Waals surface area contributed by atoms with E-state index in [1.165, 1.54) is 10.8 Å². The normalized spacial score (nSPS) is 11.7. The second-order valence-corrected chi connectivity index (χ2v) is 7.13. The van der Waals surface area contributed by atoms with Crippen molar-refractivity contribution in [1.82, 2.24) is 9.99 Å². The average Bonchev–Trinajstić information content (AvgIpc) is 3.10. The fourth-order valence-electron chi connectivity index (χ4n) is 3.68. The molecule has 0 aliphatic carbocycles. The first-order valence-electron chi connectivity index (χ1n) is 10.2. The number of para-hydroxylation sites is 2. The van der Waals surface area contributed by atoms with Crippen LogP contribution in [0.2, 0.25) is 0 Å². The third-order valence-corrected chi connectivity index (χ3v) is 5.17. The molecule has 0 unspecified atom stereocenters. The lowest BCUT2D eigenvalue weighted by molar-refractivity contribution is -0.121. The van der Waals surface area contributed by atoms with Crippen molar-refractivity contribution in [3.05, 3.63) is 78.4 Å². The van der Waals surface area contributed by atoms with E-state index in [1.54, 1.807) is 0 Å². The SMILES string of the molecule is CCOc1ccc(/C(C)=N\NC(=O)CCn2c3ccccc3c3ccccc32)cc1. The Morgan fingerprint density at radius 2 is 1.53 bits per heavy atom. The fraction of sp³-hybridized carbons (Fsp3) is 0.200. The Labute approximate surface area is 176 Å². The van der Waals surface area contributed by atoms with Crippen molar-refractivity contribution in [3.8, 4) is 5.75 Å². The van der Waals surface area contributed by atoms with E-state index in [0.29, 0.717) is 19.6 Å². The molecule has 4 rings (SSSR count). The quantitative estimate of drug-likeness (QED) is 0.346. The van der Waals surface area contributed by atoms with Gasteiger partial charge >= 0.3 is 0 Å². The van der Waals surface area contributed by atoms with Gasteiger partial charge in [0.15, 0.2) is 0 Å². The van der Waals surface area contributed by atoms with Gasteiger partial charge in [-0.15, -0.1) is 0 Å². The van der Waals surface area contributed by atoms with E-state index in [9.17, 15) is 4.79 Å². The van der Waals surface area contributed by atoms with Crippen molar-refractivity contribution in [2.75, 3.05) is 6.61 Å². The second kappa shape index (κ2) is 8.82.